The normalized spacial score (nSPS) is 15.1. The van der Waals surface area contributed by atoms with Gasteiger partial charge in [0, 0.05) is 30.7 Å². The van der Waals surface area contributed by atoms with Crippen molar-refractivity contribution in [2.75, 3.05) is 11.9 Å². The molecule has 0 saturated heterocycles. The maximum absolute atomic E-state index is 6.29. The molecule has 0 N–H and O–H groups in total. The largest absolute Gasteiger partial charge is 0.439 e. The predicted molar refractivity (Wildman–Crippen MR) is 140 cm³/mol. The number of ether oxygens (including phenoxy) is 1. The van der Waals surface area contributed by atoms with Gasteiger partial charge in [0.2, 0.25) is 11.4 Å². The third-order valence-corrected chi connectivity index (χ3v) is 7.75. The van der Waals surface area contributed by atoms with E-state index in [-0.39, 0.29) is 0 Å². The highest BCUT2D eigenvalue weighted by Gasteiger charge is 2.24. The molecule has 1 aliphatic heterocycles. The molecule has 0 bridgehead atoms. The van der Waals surface area contributed by atoms with Gasteiger partial charge in [-0.05, 0) is 46.4 Å². The summed E-state index contributed by atoms with van der Waals surface area (Å²) in [4.78, 5) is 2.14. The van der Waals surface area contributed by atoms with Crippen molar-refractivity contribution in [2.24, 2.45) is 7.05 Å². The number of hydrogen-bond donors (Lipinski definition) is 0. The summed E-state index contributed by atoms with van der Waals surface area (Å²) < 4.78 is 9.91. The molecule has 0 radical (unpaired) electrons. The van der Waals surface area contributed by atoms with Crippen LogP contribution in [0.5, 0.6) is 5.75 Å². The second-order valence-corrected chi connectivity index (χ2v) is 9.55. The first kappa shape index (κ1) is 20.0. The summed E-state index contributed by atoms with van der Waals surface area (Å²) in [5.41, 5.74) is 3.61. The van der Waals surface area contributed by atoms with Crippen molar-refractivity contribution in [3.8, 4) is 5.75 Å². The smallest absolute Gasteiger partial charge is 0.262 e. The van der Waals surface area contributed by atoms with Crippen LogP contribution in [0.2, 0.25) is 0 Å². The lowest BCUT2D eigenvalue weighted by molar-refractivity contribution is -0.642. The van der Waals surface area contributed by atoms with Crippen molar-refractivity contribution in [2.45, 2.75) is 13.3 Å². The van der Waals surface area contributed by atoms with Crippen LogP contribution in [-0.4, -0.2) is 7.05 Å². The molecule has 3 nitrogen and oxygen atoms in total. The molecule has 0 aliphatic carbocycles. The maximum Gasteiger partial charge on any atom is 0.262 e. The molecule has 0 unspecified atom stereocenters. The number of nitrogens with zero attached hydrogens (tertiary/aromatic N) is 2. The van der Waals surface area contributed by atoms with E-state index in [0.29, 0.717) is 0 Å². The molecule has 4 aromatic carbocycles. The van der Waals surface area contributed by atoms with Gasteiger partial charge in [-0.3, -0.25) is 0 Å². The number of hydrogen-bond acceptors (Lipinski definition) is 3. The highest BCUT2D eigenvalue weighted by molar-refractivity contribution is 7.19. The molecule has 0 amide bonds. The molecule has 0 atom stereocenters. The van der Waals surface area contributed by atoms with E-state index in [9.17, 15) is 0 Å². The van der Waals surface area contributed by atoms with Gasteiger partial charge in [0.25, 0.3) is 5.01 Å². The van der Waals surface area contributed by atoms with Gasteiger partial charge in [-0.25, -0.2) is 0 Å². The van der Waals surface area contributed by atoms with Crippen molar-refractivity contribution < 1.29 is 9.30 Å². The van der Waals surface area contributed by atoms with Gasteiger partial charge in [0.05, 0.1) is 5.69 Å². The zero-order valence-electron chi connectivity index (χ0n) is 19.0. The molecule has 5 aromatic rings. The van der Waals surface area contributed by atoms with E-state index in [1.165, 1.54) is 42.3 Å². The molecule has 6 rings (SSSR count). The third-order valence-electron chi connectivity index (χ3n) is 6.52. The number of allylic oxidation sites excluding steroid dienone is 2. The maximum atomic E-state index is 6.29. The zero-order chi connectivity index (χ0) is 22.5. The lowest BCUT2D eigenvalue weighted by Gasteiger charge is -2.11. The van der Waals surface area contributed by atoms with Gasteiger partial charge in [-0.15, -0.1) is 0 Å². The first-order chi connectivity index (χ1) is 16.1. The van der Waals surface area contributed by atoms with Crippen molar-refractivity contribution in [3.05, 3.63) is 95.3 Å². The van der Waals surface area contributed by atoms with E-state index in [4.69, 9.17) is 4.74 Å². The van der Waals surface area contributed by atoms with Crippen LogP contribution in [0.1, 0.15) is 18.4 Å². The number of aryl methyl sites for hydroxylation is 1. The minimum Gasteiger partial charge on any atom is -0.439 e. The Hall–Kier alpha value is -3.63. The molecular weight excluding hydrogens is 424 g/mol. The predicted octanol–water partition coefficient (Wildman–Crippen LogP) is 7.20. The monoisotopic (exact) mass is 449 g/mol. The lowest BCUT2D eigenvalue weighted by atomic mass is 10.1. The van der Waals surface area contributed by atoms with Gasteiger partial charge in [0.1, 0.15) is 11.7 Å². The van der Waals surface area contributed by atoms with E-state index in [0.717, 1.165) is 23.7 Å². The molecule has 1 aromatic heterocycles. The van der Waals surface area contributed by atoms with Gasteiger partial charge in [-0.2, -0.15) is 4.57 Å². The summed E-state index contributed by atoms with van der Waals surface area (Å²) >= 11 is 1.85. The minimum absolute atomic E-state index is 0.864. The Balaban J connectivity index is 1.41. The second kappa shape index (κ2) is 7.75. The van der Waals surface area contributed by atoms with Crippen LogP contribution < -0.4 is 14.2 Å². The fourth-order valence-electron chi connectivity index (χ4n) is 4.56. The van der Waals surface area contributed by atoms with Crippen molar-refractivity contribution in [3.63, 3.8) is 0 Å². The Bertz CT molecular complexity index is 1610. The van der Waals surface area contributed by atoms with E-state index in [2.05, 4.69) is 115 Å². The number of rotatable bonds is 3. The average molecular weight is 450 g/mol. The number of benzene rings is 4. The summed E-state index contributed by atoms with van der Waals surface area (Å²) in [7, 11) is 4.23. The summed E-state index contributed by atoms with van der Waals surface area (Å²) in [5, 5.41) is 6.25. The standard InChI is InChI=1S/C29H25N2OS/c1-4-19(15-27-30(2)25-17-21-10-5-6-11-22(21)18-26(25)32-27)16-28-31(3)24-14-13-20-9-7-8-12-23(20)29(24)33-28/h5-18H,4H2,1-3H3/q+1. The quantitative estimate of drug-likeness (QED) is 0.271. The third kappa shape index (κ3) is 3.30. The molecule has 4 heteroatoms. The molecule has 33 heavy (non-hydrogen) atoms. The van der Waals surface area contributed by atoms with Gasteiger partial charge < -0.3 is 9.64 Å². The molecule has 1 aliphatic rings. The Morgan fingerprint density at radius 3 is 2.48 bits per heavy atom. The van der Waals surface area contributed by atoms with Crippen LogP contribution in [0.15, 0.2) is 90.3 Å². The van der Waals surface area contributed by atoms with Crippen LogP contribution in [0, 0.1) is 0 Å². The number of aromatic nitrogens is 1. The molecular formula is C29H25N2OS+. The first-order valence-electron chi connectivity index (χ1n) is 11.3. The molecule has 2 heterocycles. The van der Waals surface area contributed by atoms with E-state index < -0.39 is 0 Å². The summed E-state index contributed by atoms with van der Waals surface area (Å²) in [6.45, 7) is 2.20. The van der Waals surface area contributed by atoms with Crippen LogP contribution in [0.3, 0.4) is 0 Å². The van der Waals surface area contributed by atoms with Gasteiger partial charge >= 0.3 is 0 Å². The van der Waals surface area contributed by atoms with Crippen molar-refractivity contribution >= 4 is 54.9 Å². The second-order valence-electron chi connectivity index (χ2n) is 8.52. The fraction of sp³-hybridized carbons (Fsp3) is 0.138. The van der Waals surface area contributed by atoms with Crippen LogP contribution in [0.4, 0.5) is 5.69 Å². The van der Waals surface area contributed by atoms with Gasteiger partial charge in [0.15, 0.2) is 5.75 Å². The fourth-order valence-corrected chi connectivity index (χ4v) is 5.82. The zero-order valence-corrected chi connectivity index (χ0v) is 19.8. The summed E-state index contributed by atoms with van der Waals surface area (Å²) in [6.07, 6.45) is 5.39. The highest BCUT2D eigenvalue weighted by atomic mass is 32.1. The Kier molecular flexibility index (Phi) is 4.70. The molecule has 0 spiro atoms. The number of thiazole rings is 1. The molecule has 0 saturated carbocycles. The van der Waals surface area contributed by atoms with Crippen LogP contribution in [-0.2, 0) is 7.05 Å². The topological polar surface area (TPSA) is 16.4 Å². The van der Waals surface area contributed by atoms with Crippen LogP contribution in [0.25, 0.3) is 37.8 Å². The van der Waals surface area contributed by atoms with Crippen molar-refractivity contribution in [1.29, 1.82) is 0 Å². The van der Waals surface area contributed by atoms with E-state index >= 15 is 0 Å². The van der Waals surface area contributed by atoms with Gasteiger partial charge in [-0.1, -0.05) is 66.8 Å². The van der Waals surface area contributed by atoms with Crippen molar-refractivity contribution in [1.82, 2.24) is 0 Å². The van der Waals surface area contributed by atoms with E-state index in [1.807, 2.05) is 11.3 Å². The summed E-state index contributed by atoms with van der Waals surface area (Å²) in [5.74, 6) is 1.78. The van der Waals surface area contributed by atoms with E-state index in [1.54, 1.807) is 0 Å². The van der Waals surface area contributed by atoms with Crippen LogP contribution >= 0.6 is 11.3 Å². The lowest BCUT2D eigenvalue weighted by Crippen LogP contribution is -2.29. The average Bonchev–Trinajstić information content (AvgIpc) is 3.33. The number of fused-ring (bicyclic) bond motifs is 5. The Morgan fingerprint density at radius 1 is 0.970 bits per heavy atom. The molecule has 162 valence electrons. The first-order valence-corrected chi connectivity index (χ1v) is 12.1. The summed E-state index contributed by atoms with van der Waals surface area (Å²) in [6, 6.07) is 25.8. The number of anilines is 1. The SMILES string of the molecule is CCC(=C/c1sc2c3ccccc3ccc2[n+]1C)/C=C1\Oc2cc3ccccc3cc2N1C. The Labute approximate surface area is 197 Å². The highest BCUT2D eigenvalue weighted by Crippen LogP contribution is 2.41. The molecule has 0 fully saturated rings. The Morgan fingerprint density at radius 2 is 1.70 bits per heavy atom. The minimum atomic E-state index is 0.864.